The van der Waals surface area contributed by atoms with Gasteiger partial charge < -0.3 is 10.4 Å². The lowest BCUT2D eigenvalue weighted by atomic mass is 10.1. The number of halogens is 1. The Hall–Kier alpha value is -1.81. The standard InChI is InChI=1S/C14H16ClNO3/c1-10(14(18)19)8-9-16-13(17)7-6-11-4-2-3-5-12(11)15/h2-7,10H,8-9H2,1H3,(H,16,17)(H,18,19)/b7-6+. The molecule has 0 saturated heterocycles. The van der Waals surface area contributed by atoms with E-state index in [1.807, 2.05) is 12.1 Å². The van der Waals surface area contributed by atoms with E-state index in [1.165, 1.54) is 6.08 Å². The van der Waals surface area contributed by atoms with Crippen LogP contribution in [0.4, 0.5) is 0 Å². The minimum Gasteiger partial charge on any atom is -0.481 e. The van der Waals surface area contributed by atoms with Gasteiger partial charge in [-0.2, -0.15) is 0 Å². The molecule has 1 aromatic rings. The highest BCUT2D eigenvalue weighted by atomic mass is 35.5. The summed E-state index contributed by atoms with van der Waals surface area (Å²) in [5.74, 6) is -1.59. The van der Waals surface area contributed by atoms with Crippen molar-refractivity contribution in [3.05, 3.63) is 40.9 Å². The molecule has 0 spiro atoms. The van der Waals surface area contributed by atoms with Crippen LogP contribution in [0.5, 0.6) is 0 Å². The van der Waals surface area contributed by atoms with Crippen molar-refractivity contribution in [1.29, 1.82) is 0 Å². The third-order valence-electron chi connectivity index (χ3n) is 2.62. The average molecular weight is 282 g/mol. The molecule has 102 valence electrons. The quantitative estimate of drug-likeness (QED) is 0.788. The van der Waals surface area contributed by atoms with Crippen LogP contribution in [0, 0.1) is 5.92 Å². The highest BCUT2D eigenvalue weighted by Crippen LogP contribution is 2.15. The molecule has 19 heavy (non-hydrogen) atoms. The van der Waals surface area contributed by atoms with Gasteiger partial charge in [0.25, 0.3) is 0 Å². The number of benzene rings is 1. The van der Waals surface area contributed by atoms with Crippen molar-refractivity contribution in [2.75, 3.05) is 6.54 Å². The fraction of sp³-hybridized carbons (Fsp3) is 0.286. The molecule has 4 nitrogen and oxygen atoms in total. The normalized spacial score (nSPS) is 12.3. The zero-order valence-corrected chi connectivity index (χ0v) is 11.4. The van der Waals surface area contributed by atoms with E-state index in [0.717, 1.165) is 5.56 Å². The van der Waals surface area contributed by atoms with Crippen molar-refractivity contribution in [3.63, 3.8) is 0 Å². The van der Waals surface area contributed by atoms with E-state index < -0.39 is 11.9 Å². The fourth-order valence-corrected chi connectivity index (χ4v) is 1.57. The number of rotatable bonds is 6. The maximum atomic E-state index is 11.5. The maximum Gasteiger partial charge on any atom is 0.306 e. The number of amides is 1. The van der Waals surface area contributed by atoms with E-state index in [4.69, 9.17) is 16.7 Å². The predicted molar refractivity (Wildman–Crippen MR) is 74.9 cm³/mol. The Labute approximate surface area is 117 Å². The monoisotopic (exact) mass is 281 g/mol. The third-order valence-corrected chi connectivity index (χ3v) is 2.96. The number of nitrogens with one attached hydrogen (secondary N) is 1. The van der Waals surface area contributed by atoms with Crippen LogP contribution in [-0.4, -0.2) is 23.5 Å². The number of hydrogen-bond acceptors (Lipinski definition) is 2. The van der Waals surface area contributed by atoms with E-state index in [0.29, 0.717) is 18.0 Å². The predicted octanol–water partition coefficient (Wildman–Crippen LogP) is 2.58. The molecular weight excluding hydrogens is 266 g/mol. The average Bonchev–Trinajstić information content (AvgIpc) is 2.37. The first-order chi connectivity index (χ1) is 9.00. The zero-order valence-electron chi connectivity index (χ0n) is 10.6. The van der Waals surface area contributed by atoms with Crippen LogP contribution in [0.1, 0.15) is 18.9 Å². The van der Waals surface area contributed by atoms with Crippen LogP contribution in [0.3, 0.4) is 0 Å². The molecule has 5 heteroatoms. The van der Waals surface area contributed by atoms with Gasteiger partial charge >= 0.3 is 5.97 Å². The fourth-order valence-electron chi connectivity index (χ4n) is 1.37. The maximum absolute atomic E-state index is 11.5. The van der Waals surface area contributed by atoms with Gasteiger partial charge in [0, 0.05) is 17.6 Å². The van der Waals surface area contributed by atoms with E-state index in [1.54, 1.807) is 25.1 Å². The minimum absolute atomic E-state index is 0.266. The van der Waals surface area contributed by atoms with Gasteiger partial charge in [-0.05, 0) is 24.1 Å². The second-order valence-corrected chi connectivity index (χ2v) is 4.58. The summed E-state index contributed by atoms with van der Waals surface area (Å²) in [6, 6.07) is 7.19. The van der Waals surface area contributed by atoms with Gasteiger partial charge in [-0.3, -0.25) is 9.59 Å². The Kier molecular flexibility index (Phi) is 6.09. The van der Waals surface area contributed by atoms with E-state index in [9.17, 15) is 9.59 Å². The number of aliphatic carboxylic acids is 1. The number of hydrogen-bond donors (Lipinski definition) is 2. The second kappa shape index (κ2) is 7.59. The van der Waals surface area contributed by atoms with Gasteiger partial charge in [0.1, 0.15) is 0 Å². The van der Waals surface area contributed by atoms with Crippen molar-refractivity contribution in [3.8, 4) is 0 Å². The molecule has 0 aliphatic carbocycles. The molecule has 0 saturated carbocycles. The smallest absolute Gasteiger partial charge is 0.306 e. The lowest BCUT2D eigenvalue weighted by Crippen LogP contribution is -2.25. The summed E-state index contributed by atoms with van der Waals surface area (Å²) in [6.07, 6.45) is 3.41. The van der Waals surface area contributed by atoms with Gasteiger partial charge in [0.05, 0.1) is 5.92 Å². The molecule has 0 bridgehead atoms. The van der Waals surface area contributed by atoms with Crippen molar-refractivity contribution >= 4 is 29.6 Å². The molecule has 1 aromatic carbocycles. The zero-order chi connectivity index (χ0) is 14.3. The lowest BCUT2D eigenvalue weighted by molar-refractivity contribution is -0.141. The van der Waals surface area contributed by atoms with Crippen LogP contribution < -0.4 is 5.32 Å². The molecule has 2 N–H and O–H groups in total. The molecule has 0 heterocycles. The second-order valence-electron chi connectivity index (χ2n) is 4.17. The van der Waals surface area contributed by atoms with Crippen molar-refractivity contribution in [2.24, 2.45) is 5.92 Å². The first kappa shape index (κ1) is 15.2. The van der Waals surface area contributed by atoms with E-state index in [-0.39, 0.29) is 5.91 Å². The van der Waals surface area contributed by atoms with Crippen LogP contribution in [-0.2, 0) is 9.59 Å². The Morgan fingerprint density at radius 1 is 1.42 bits per heavy atom. The van der Waals surface area contributed by atoms with Crippen molar-refractivity contribution in [2.45, 2.75) is 13.3 Å². The highest BCUT2D eigenvalue weighted by Gasteiger charge is 2.10. The number of carbonyl (C=O) groups excluding carboxylic acids is 1. The number of carboxylic acid groups (broad SMARTS) is 1. The van der Waals surface area contributed by atoms with Gasteiger partial charge in [-0.25, -0.2) is 0 Å². The summed E-state index contributed by atoms with van der Waals surface area (Å²) in [5.41, 5.74) is 0.762. The van der Waals surface area contributed by atoms with Crippen LogP contribution in [0.2, 0.25) is 5.02 Å². The molecule has 0 aliphatic rings. The first-order valence-corrected chi connectivity index (χ1v) is 6.31. The van der Waals surface area contributed by atoms with Gasteiger partial charge in [-0.15, -0.1) is 0 Å². The molecule has 0 aliphatic heterocycles. The molecule has 0 fully saturated rings. The number of carbonyl (C=O) groups is 2. The van der Waals surface area contributed by atoms with Crippen LogP contribution >= 0.6 is 11.6 Å². The largest absolute Gasteiger partial charge is 0.481 e. The summed E-state index contributed by atoms with van der Waals surface area (Å²) in [6.45, 7) is 1.94. The summed E-state index contributed by atoms with van der Waals surface area (Å²) in [5, 5.41) is 11.9. The number of carboxylic acids is 1. The molecular formula is C14H16ClNO3. The van der Waals surface area contributed by atoms with Crippen LogP contribution in [0.15, 0.2) is 30.3 Å². The summed E-state index contributed by atoms with van der Waals surface area (Å²) < 4.78 is 0. The lowest BCUT2D eigenvalue weighted by Gasteiger charge is -2.05. The SMILES string of the molecule is CC(CCNC(=O)/C=C/c1ccccc1Cl)C(=O)O. The molecule has 1 amide bonds. The molecule has 1 unspecified atom stereocenters. The minimum atomic E-state index is -0.860. The first-order valence-electron chi connectivity index (χ1n) is 5.94. The van der Waals surface area contributed by atoms with Gasteiger partial charge in [0.2, 0.25) is 5.91 Å². The summed E-state index contributed by atoms with van der Waals surface area (Å²) in [4.78, 5) is 22.1. The summed E-state index contributed by atoms with van der Waals surface area (Å²) >= 11 is 5.94. The van der Waals surface area contributed by atoms with E-state index in [2.05, 4.69) is 5.32 Å². The summed E-state index contributed by atoms with van der Waals surface area (Å²) in [7, 11) is 0. The Morgan fingerprint density at radius 3 is 2.74 bits per heavy atom. The molecule has 0 aromatic heterocycles. The Morgan fingerprint density at radius 2 is 2.11 bits per heavy atom. The van der Waals surface area contributed by atoms with Crippen molar-refractivity contribution in [1.82, 2.24) is 5.32 Å². The van der Waals surface area contributed by atoms with Gasteiger partial charge in [-0.1, -0.05) is 36.7 Å². The Balaban J connectivity index is 2.40. The Bertz CT molecular complexity index is 485. The molecule has 1 atom stereocenters. The highest BCUT2D eigenvalue weighted by molar-refractivity contribution is 6.32. The topological polar surface area (TPSA) is 66.4 Å². The third kappa shape index (κ3) is 5.57. The van der Waals surface area contributed by atoms with E-state index >= 15 is 0 Å². The van der Waals surface area contributed by atoms with Crippen LogP contribution in [0.25, 0.3) is 6.08 Å². The molecule has 1 rings (SSSR count). The molecule has 0 radical (unpaired) electrons. The van der Waals surface area contributed by atoms with Crippen molar-refractivity contribution < 1.29 is 14.7 Å². The van der Waals surface area contributed by atoms with Gasteiger partial charge in [0.15, 0.2) is 0 Å².